The fraction of sp³-hybridized carbons (Fsp3) is 0.733. The van der Waals surface area contributed by atoms with Crippen molar-refractivity contribution in [3.63, 3.8) is 0 Å². The third-order valence-electron chi connectivity index (χ3n) is 9.40. The van der Waals surface area contributed by atoms with Gasteiger partial charge in [-0.15, -0.1) is 6.42 Å². The maximum Gasteiger partial charge on any atom is 0.228 e. The second kappa shape index (κ2) is 14.0. The van der Waals surface area contributed by atoms with E-state index in [2.05, 4.69) is 28.7 Å². The standard InChI is InChI=1S/C30H45N5O4S2/c1-10-13-33-22(37)16-29(8,20-32)26(3,4)18-30(9,24(39)34-17-21(2)36)27(5,6)28(7,19-31)12-11-23(38)35-14-15-41-25(35)40/h1,21,36H,11-18H2,2-9H3,(H,33,37)(H,34,39). The SMILES string of the molecule is C#CCNC(=O)CC(C)(C#N)C(C)(C)CC(C)(C(=O)NCC(C)O)C(C)(C)C(C)(C#N)CCC(=O)N1CCSC1=S. The molecule has 4 atom stereocenters. The lowest BCUT2D eigenvalue weighted by Gasteiger charge is -2.55. The van der Waals surface area contributed by atoms with Gasteiger partial charge < -0.3 is 15.7 Å². The molecule has 1 rings (SSSR count). The zero-order chi connectivity index (χ0) is 31.9. The molecule has 1 aliphatic heterocycles. The second-order valence-corrected chi connectivity index (χ2v) is 14.5. The number of amides is 3. The molecule has 0 aromatic carbocycles. The van der Waals surface area contributed by atoms with Crippen molar-refractivity contribution in [3.8, 4) is 24.5 Å². The Bertz CT molecular complexity index is 1150. The van der Waals surface area contributed by atoms with Crippen molar-refractivity contribution in [2.24, 2.45) is 27.1 Å². The molecule has 11 heteroatoms. The van der Waals surface area contributed by atoms with E-state index >= 15 is 0 Å². The first-order valence-electron chi connectivity index (χ1n) is 13.7. The molecule has 4 unspecified atom stereocenters. The number of rotatable bonds is 14. The van der Waals surface area contributed by atoms with Gasteiger partial charge in [0.1, 0.15) is 4.32 Å². The second-order valence-electron chi connectivity index (χ2n) is 12.8. The quantitative estimate of drug-likeness (QED) is 0.201. The molecule has 226 valence electrons. The minimum absolute atomic E-state index is 0.000764. The number of hydrogen-bond acceptors (Lipinski definition) is 8. The van der Waals surface area contributed by atoms with Gasteiger partial charge in [0.05, 0.1) is 41.0 Å². The van der Waals surface area contributed by atoms with Crippen LogP contribution in [0, 0.1) is 62.1 Å². The lowest BCUT2D eigenvalue weighted by atomic mass is 9.47. The lowest BCUT2D eigenvalue weighted by molar-refractivity contribution is -0.150. The summed E-state index contributed by atoms with van der Waals surface area (Å²) in [4.78, 5) is 41.2. The Morgan fingerprint density at radius 2 is 1.68 bits per heavy atom. The summed E-state index contributed by atoms with van der Waals surface area (Å²) in [5.74, 6) is 2.16. The highest BCUT2D eigenvalue weighted by atomic mass is 32.2. The third kappa shape index (κ3) is 8.01. The Morgan fingerprint density at radius 1 is 1.10 bits per heavy atom. The number of carbonyl (C=O) groups is 3. The minimum Gasteiger partial charge on any atom is -0.392 e. The highest BCUT2D eigenvalue weighted by Gasteiger charge is 2.60. The summed E-state index contributed by atoms with van der Waals surface area (Å²) in [7, 11) is 0. The van der Waals surface area contributed by atoms with Crippen molar-refractivity contribution in [1.82, 2.24) is 15.5 Å². The number of nitriles is 2. The van der Waals surface area contributed by atoms with Crippen LogP contribution in [0.4, 0.5) is 0 Å². The van der Waals surface area contributed by atoms with E-state index in [0.717, 1.165) is 5.75 Å². The molecule has 1 heterocycles. The molecule has 9 nitrogen and oxygen atoms in total. The van der Waals surface area contributed by atoms with Gasteiger partial charge in [0, 0.05) is 31.7 Å². The smallest absolute Gasteiger partial charge is 0.228 e. The van der Waals surface area contributed by atoms with E-state index in [0.29, 0.717) is 10.9 Å². The van der Waals surface area contributed by atoms with Crippen molar-refractivity contribution in [3.05, 3.63) is 0 Å². The molecule has 0 aliphatic carbocycles. The molecule has 1 fully saturated rings. The van der Waals surface area contributed by atoms with Crippen LogP contribution in [0.5, 0.6) is 0 Å². The maximum absolute atomic E-state index is 14.0. The lowest BCUT2D eigenvalue weighted by Crippen LogP contribution is -2.58. The molecule has 1 aliphatic rings. The highest BCUT2D eigenvalue weighted by molar-refractivity contribution is 8.23. The van der Waals surface area contributed by atoms with Gasteiger partial charge in [-0.2, -0.15) is 10.5 Å². The van der Waals surface area contributed by atoms with Gasteiger partial charge in [-0.1, -0.05) is 64.5 Å². The van der Waals surface area contributed by atoms with Crippen molar-refractivity contribution >= 4 is 46.0 Å². The van der Waals surface area contributed by atoms with Gasteiger partial charge in [-0.05, 0) is 44.4 Å². The molecule has 3 amide bonds. The summed E-state index contributed by atoms with van der Waals surface area (Å²) in [6, 6.07) is 4.71. The van der Waals surface area contributed by atoms with Gasteiger partial charge in [-0.25, -0.2) is 0 Å². The normalized spacial score (nSPS) is 18.9. The molecule has 0 spiro atoms. The molecule has 0 aromatic rings. The number of thiocarbonyl (C=S) groups is 1. The molecule has 0 radical (unpaired) electrons. The predicted octanol–water partition coefficient (Wildman–Crippen LogP) is 3.77. The molecule has 41 heavy (non-hydrogen) atoms. The number of hydrogen-bond donors (Lipinski definition) is 3. The average molecular weight is 604 g/mol. The average Bonchev–Trinajstić information content (AvgIpc) is 3.33. The van der Waals surface area contributed by atoms with Crippen LogP contribution in [0.1, 0.15) is 81.1 Å². The molecule has 3 N–H and O–H groups in total. The van der Waals surface area contributed by atoms with Crippen LogP contribution in [0.15, 0.2) is 0 Å². The van der Waals surface area contributed by atoms with E-state index < -0.39 is 39.1 Å². The van der Waals surface area contributed by atoms with Crippen molar-refractivity contribution in [1.29, 1.82) is 10.5 Å². The summed E-state index contributed by atoms with van der Waals surface area (Å²) in [6.45, 7) is 14.6. The van der Waals surface area contributed by atoms with Gasteiger partial charge in [0.25, 0.3) is 0 Å². The zero-order valence-electron chi connectivity index (χ0n) is 25.6. The van der Waals surface area contributed by atoms with Crippen LogP contribution in [-0.2, 0) is 14.4 Å². The third-order valence-corrected chi connectivity index (χ3v) is 10.8. The van der Waals surface area contributed by atoms with Crippen LogP contribution in [0.25, 0.3) is 0 Å². The Labute approximate surface area is 255 Å². The number of aliphatic hydroxyl groups is 1. The number of nitrogens with zero attached hydrogens (tertiary/aromatic N) is 3. The van der Waals surface area contributed by atoms with Crippen LogP contribution < -0.4 is 10.6 Å². The van der Waals surface area contributed by atoms with E-state index in [1.165, 1.54) is 11.8 Å². The summed E-state index contributed by atoms with van der Waals surface area (Å²) in [5, 5.41) is 36.1. The van der Waals surface area contributed by atoms with Gasteiger partial charge >= 0.3 is 0 Å². The van der Waals surface area contributed by atoms with Crippen LogP contribution in [-0.4, -0.2) is 63.5 Å². The van der Waals surface area contributed by atoms with Crippen molar-refractivity contribution < 1.29 is 19.5 Å². The Kier molecular flexibility index (Phi) is 12.4. The minimum atomic E-state index is -1.27. The number of terminal acetylenes is 1. The van der Waals surface area contributed by atoms with E-state index in [1.54, 1.807) is 32.6 Å². The molecular weight excluding hydrogens is 558 g/mol. The summed E-state index contributed by atoms with van der Waals surface area (Å²) in [6.07, 6.45) is 4.71. The first-order valence-corrected chi connectivity index (χ1v) is 15.1. The van der Waals surface area contributed by atoms with Crippen LogP contribution in [0.2, 0.25) is 0 Å². The van der Waals surface area contributed by atoms with Crippen molar-refractivity contribution in [2.75, 3.05) is 25.4 Å². The van der Waals surface area contributed by atoms with E-state index in [9.17, 15) is 30.0 Å². The summed E-state index contributed by atoms with van der Waals surface area (Å²) in [5.41, 5.74) is -5.58. The fourth-order valence-corrected chi connectivity index (χ4v) is 6.53. The number of aliphatic hydroxyl groups excluding tert-OH is 1. The summed E-state index contributed by atoms with van der Waals surface area (Å²) >= 11 is 6.74. The van der Waals surface area contributed by atoms with E-state index in [4.69, 9.17) is 18.6 Å². The first kappa shape index (κ1) is 36.4. The van der Waals surface area contributed by atoms with E-state index in [1.807, 2.05) is 27.7 Å². The first-order chi connectivity index (χ1) is 18.8. The van der Waals surface area contributed by atoms with E-state index in [-0.39, 0.29) is 50.6 Å². The fourth-order valence-electron chi connectivity index (χ4n) is 5.29. The van der Waals surface area contributed by atoms with Crippen LogP contribution in [0.3, 0.4) is 0 Å². The largest absolute Gasteiger partial charge is 0.392 e. The van der Waals surface area contributed by atoms with Crippen molar-refractivity contribution in [2.45, 2.75) is 87.2 Å². The monoisotopic (exact) mass is 603 g/mol. The topological polar surface area (TPSA) is 146 Å². The Balaban J connectivity index is 3.53. The maximum atomic E-state index is 14.0. The molecule has 0 bridgehead atoms. The Hall–Kier alpha value is -2.65. The van der Waals surface area contributed by atoms with Gasteiger partial charge in [-0.3, -0.25) is 19.3 Å². The summed E-state index contributed by atoms with van der Waals surface area (Å²) < 4.78 is 0.527. The number of thioether (sulfide) groups is 1. The molecular formula is C30H45N5O4S2. The van der Waals surface area contributed by atoms with Crippen LogP contribution >= 0.6 is 24.0 Å². The Morgan fingerprint density at radius 3 is 2.15 bits per heavy atom. The predicted molar refractivity (Wildman–Crippen MR) is 165 cm³/mol. The molecule has 1 saturated heterocycles. The van der Waals surface area contributed by atoms with Gasteiger partial charge in [0.2, 0.25) is 17.7 Å². The highest BCUT2D eigenvalue weighted by Crippen LogP contribution is 2.60. The number of carbonyl (C=O) groups excluding carboxylic acids is 3. The zero-order valence-corrected chi connectivity index (χ0v) is 27.3. The molecule has 0 aromatic heterocycles. The molecule has 0 saturated carbocycles. The number of nitrogens with one attached hydrogen (secondary N) is 2. The van der Waals surface area contributed by atoms with Gasteiger partial charge in [0.15, 0.2) is 0 Å².